The molecule has 2 amide bonds. The van der Waals surface area contributed by atoms with E-state index in [1.807, 2.05) is 33.7 Å². The molecule has 0 radical (unpaired) electrons. The second-order valence-corrected chi connectivity index (χ2v) is 7.94. The van der Waals surface area contributed by atoms with Crippen molar-refractivity contribution in [3.63, 3.8) is 0 Å². The molecule has 30 heavy (non-hydrogen) atoms. The number of fused-ring (bicyclic) bond motifs is 2. The first-order valence-corrected chi connectivity index (χ1v) is 10.2. The molecule has 0 saturated carbocycles. The molecule has 4 heterocycles. The summed E-state index contributed by atoms with van der Waals surface area (Å²) in [5.41, 5.74) is 2.97. The first kappa shape index (κ1) is 18.4. The van der Waals surface area contributed by atoms with Crippen molar-refractivity contribution in [1.82, 2.24) is 29.4 Å². The molecule has 3 aromatic heterocycles. The van der Waals surface area contributed by atoms with Gasteiger partial charge in [-0.3, -0.25) is 19.9 Å². The average molecular weight is 419 g/mol. The van der Waals surface area contributed by atoms with Crippen molar-refractivity contribution >= 4 is 39.3 Å². The van der Waals surface area contributed by atoms with Crippen LogP contribution in [0, 0.1) is 0 Å². The van der Waals surface area contributed by atoms with Crippen LogP contribution in [-0.4, -0.2) is 47.8 Å². The van der Waals surface area contributed by atoms with Crippen LogP contribution in [-0.2, 0) is 24.3 Å². The summed E-state index contributed by atoms with van der Waals surface area (Å²) in [7, 11) is 0. The van der Waals surface area contributed by atoms with Gasteiger partial charge in [-0.1, -0.05) is 23.5 Å². The summed E-state index contributed by atoms with van der Waals surface area (Å²) in [6.45, 7) is 1.32. The Morgan fingerprint density at radius 3 is 2.93 bits per heavy atom. The number of rotatable bonds is 4. The Bertz CT molecular complexity index is 1230. The summed E-state index contributed by atoms with van der Waals surface area (Å²) in [4.78, 5) is 44.7. The molecule has 0 aliphatic carbocycles. The molecule has 1 aliphatic rings. The van der Waals surface area contributed by atoms with Crippen molar-refractivity contribution in [3.05, 3.63) is 65.4 Å². The summed E-state index contributed by atoms with van der Waals surface area (Å²) in [6, 6.07) is 7.75. The van der Waals surface area contributed by atoms with Gasteiger partial charge in [-0.05, 0) is 12.1 Å². The maximum atomic E-state index is 12.9. The zero-order valence-corrected chi connectivity index (χ0v) is 16.7. The quantitative estimate of drug-likeness (QED) is 0.543. The van der Waals surface area contributed by atoms with Gasteiger partial charge >= 0.3 is 0 Å². The van der Waals surface area contributed by atoms with Crippen LogP contribution in [0.2, 0.25) is 0 Å². The molecule has 0 saturated heterocycles. The number of para-hydroxylation sites is 2. The molecule has 150 valence electrons. The number of hydrogen-bond donors (Lipinski definition) is 1. The fourth-order valence-electron chi connectivity index (χ4n) is 3.42. The van der Waals surface area contributed by atoms with Gasteiger partial charge in [-0.2, -0.15) is 0 Å². The fraction of sp³-hybridized carbons (Fsp3) is 0.200. The molecule has 0 spiro atoms. The van der Waals surface area contributed by atoms with E-state index in [0.29, 0.717) is 24.6 Å². The van der Waals surface area contributed by atoms with Gasteiger partial charge in [0.2, 0.25) is 5.91 Å². The minimum atomic E-state index is -0.353. The van der Waals surface area contributed by atoms with Crippen LogP contribution in [0.3, 0.4) is 0 Å². The fourth-order valence-corrected chi connectivity index (χ4v) is 4.44. The van der Waals surface area contributed by atoms with E-state index < -0.39 is 0 Å². The summed E-state index contributed by atoms with van der Waals surface area (Å²) < 4.78 is 1.87. The van der Waals surface area contributed by atoms with Gasteiger partial charge in [0.1, 0.15) is 12.2 Å². The number of nitrogens with zero attached hydrogens (tertiary/aromatic N) is 6. The third-order valence-corrected chi connectivity index (χ3v) is 5.93. The molecule has 0 atom stereocenters. The first-order chi connectivity index (χ1) is 14.7. The van der Waals surface area contributed by atoms with Crippen LogP contribution >= 0.6 is 11.3 Å². The third kappa shape index (κ3) is 3.52. The van der Waals surface area contributed by atoms with Crippen molar-refractivity contribution in [2.75, 3.05) is 11.9 Å². The Morgan fingerprint density at radius 1 is 1.17 bits per heavy atom. The van der Waals surface area contributed by atoms with Gasteiger partial charge < -0.3 is 9.47 Å². The van der Waals surface area contributed by atoms with Gasteiger partial charge in [0.05, 0.1) is 35.8 Å². The van der Waals surface area contributed by atoms with Crippen LogP contribution in [0.25, 0.3) is 11.0 Å². The SMILES string of the molecule is O=C(Nc1nc2c(s1)CN(C(=O)Cn1cnc3ccccc31)CC2)c1cnccn1. The Labute approximate surface area is 175 Å². The minimum absolute atomic E-state index is 0.0300. The van der Waals surface area contributed by atoms with E-state index in [2.05, 4.69) is 25.3 Å². The molecule has 1 aromatic carbocycles. The van der Waals surface area contributed by atoms with Crippen LogP contribution in [0.4, 0.5) is 5.13 Å². The molecule has 0 bridgehead atoms. The summed E-state index contributed by atoms with van der Waals surface area (Å²) in [6.07, 6.45) is 6.74. The monoisotopic (exact) mass is 419 g/mol. The summed E-state index contributed by atoms with van der Waals surface area (Å²) >= 11 is 1.39. The highest BCUT2D eigenvalue weighted by Crippen LogP contribution is 2.29. The highest BCUT2D eigenvalue weighted by molar-refractivity contribution is 7.15. The van der Waals surface area contributed by atoms with E-state index in [0.717, 1.165) is 21.6 Å². The van der Waals surface area contributed by atoms with Gasteiger partial charge in [0.25, 0.3) is 5.91 Å². The smallest absolute Gasteiger partial charge is 0.277 e. The van der Waals surface area contributed by atoms with Crippen molar-refractivity contribution < 1.29 is 9.59 Å². The Balaban J connectivity index is 1.27. The molecule has 0 unspecified atom stereocenters. The van der Waals surface area contributed by atoms with E-state index in [-0.39, 0.29) is 24.1 Å². The molecular weight excluding hydrogens is 402 g/mol. The second-order valence-electron chi connectivity index (χ2n) is 6.86. The number of hydrogen-bond acceptors (Lipinski definition) is 7. The number of benzene rings is 1. The predicted octanol–water partition coefficient (Wildman–Crippen LogP) is 2.12. The molecule has 1 N–H and O–H groups in total. The van der Waals surface area contributed by atoms with E-state index in [9.17, 15) is 9.59 Å². The lowest BCUT2D eigenvalue weighted by Gasteiger charge is -2.26. The molecule has 0 fully saturated rings. The summed E-state index contributed by atoms with van der Waals surface area (Å²) in [5, 5.41) is 3.27. The standard InChI is InChI=1S/C20H17N7O2S/c28-18(11-27-12-23-13-3-1-2-4-16(13)27)26-8-5-14-17(10-26)30-20(24-14)25-19(29)15-9-21-6-7-22-15/h1-4,6-7,9,12H,5,8,10-11H2,(H,24,25,29). The van der Waals surface area contributed by atoms with Gasteiger partial charge in [0.15, 0.2) is 5.13 Å². The number of anilines is 1. The highest BCUT2D eigenvalue weighted by atomic mass is 32.1. The normalized spacial score (nSPS) is 13.3. The van der Waals surface area contributed by atoms with Gasteiger partial charge in [-0.25, -0.2) is 15.0 Å². The number of thiazole rings is 1. The Kier molecular flexibility index (Phi) is 4.68. The number of nitrogens with one attached hydrogen (secondary N) is 1. The number of carbonyl (C=O) groups is 2. The van der Waals surface area contributed by atoms with Crippen LogP contribution in [0.5, 0.6) is 0 Å². The average Bonchev–Trinajstić information content (AvgIpc) is 3.37. The van der Waals surface area contributed by atoms with Crippen molar-refractivity contribution in [1.29, 1.82) is 0 Å². The topological polar surface area (TPSA) is 106 Å². The molecule has 5 rings (SSSR count). The van der Waals surface area contributed by atoms with Crippen LogP contribution < -0.4 is 5.32 Å². The van der Waals surface area contributed by atoms with E-state index >= 15 is 0 Å². The lowest BCUT2D eigenvalue weighted by Crippen LogP contribution is -2.37. The number of amides is 2. The lowest BCUT2D eigenvalue weighted by atomic mass is 10.2. The van der Waals surface area contributed by atoms with Crippen molar-refractivity contribution in [3.8, 4) is 0 Å². The van der Waals surface area contributed by atoms with E-state index in [4.69, 9.17) is 0 Å². The largest absolute Gasteiger partial charge is 0.336 e. The maximum absolute atomic E-state index is 12.9. The van der Waals surface area contributed by atoms with E-state index in [1.54, 1.807) is 6.33 Å². The molecular formula is C20H17N7O2S. The zero-order valence-electron chi connectivity index (χ0n) is 15.9. The zero-order chi connectivity index (χ0) is 20.5. The molecule has 1 aliphatic heterocycles. The van der Waals surface area contributed by atoms with Crippen molar-refractivity contribution in [2.24, 2.45) is 0 Å². The van der Waals surface area contributed by atoms with Gasteiger partial charge in [-0.15, -0.1) is 0 Å². The minimum Gasteiger partial charge on any atom is -0.336 e. The lowest BCUT2D eigenvalue weighted by molar-refractivity contribution is -0.132. The Hall–Kier alpha value is -3.66. The van der Waals surface area contributed by atoms with Crippen molar-refractivity contribution in [2.45, 2.75) is 19.5 Å². The van der Waals surface area contributed by atoms with E-state index in [1.165, 1.54) is 29.9 Å². The maximum Gasteiger partial charge on any atom is 0.277 e. The molecule has 10 heteroatoms. The second kappa shape index (κ2) is 7.64. The number of imidazole rings is 1. The molecule has 4 aromatic rings. The van der Waals surface area contributed by atoms with Gasteiger partial charge in [0, 0.05) is 30.2 Å². The Morgan fingerprint density at radius 2 is 2.07 bits per heavy atom. The number of carbonyl (C=O) groups excluding carboxylic acids is 2. The summed E-state index contributed by atoms with van der Waals surface area (Å²) in [5.74, 6) is -0.323. The highest BCUT2D eigenvalue weighted by Gasteiger charge is 2.25. The molecule has 9 nitrogen and oxygen atoms in total. The van der Waals surface area contributed by atoms with Crippen LogP contribution in [0.15, 0.2) is 49.2 Å². The number of aromatic nitrogens is 5. The van der Waals surface area contributed by atoms with Crippen LogP contribution in [0.1, 0.15) is 21.1 Å². The third-order valence-electron chi connectivity index (χ3n) is 4.93. The first-order valence-electron chi connectivity index (χ1n) is 9.41. The predicted molar refractivity (Wildman–Crippen MR) is 111 cm³/mol.